The lowest BCUT2D eigenvalue weighted by Crippen LogP contribution is -2.07. The maximum absolute atomic E-state index is 12.5. The van der Waals surface area contributed by atoms with Gasteiger partial charge in [0, 0.05) is 36.0 Å². The smallest absolute Gasteiger partial charge is 0.238 e. The Morgan fingerprint density at radius 3 is 2.71 bits per heavy atom. The number of aryl methyl sites for hydroxylation is 1. The third-order valence-corrected chi connectivity index (χ3v) is 4.96. The van der Waals surface area contributed by atoms with Crippen molar-refractivity contribution in [2.75, 3.05) is 11.9 Å². The molecular weight excluding hydrogens is 384 g/mol. The fourth-order valence-corrected chi connectivity index (χ4v) is 3.67. The summed E-state index contributed by atoms with van der Waals surface area (Å²) in [7, 11) is 0. The Labute approximate surface area is 162 Å². The van der Waals surface area contributed by atoms with Crippen LogP contribution >= 0.6 is 11.3 Å². The predicted octanol–water partition coefficient (Wildman–Crippen LogP) is 2.73. The molecule has 0 aliphatic rings. The number of nitrogens with zero attached hydrogens (tertiary/aromatic N) is 3. The minimum absolute atomic E-state index is 0.0138. The van der Waals surface area contributed by atoms with E-state index in [9.17, 15) is 20.1 Å². The van der Waals surface area contributed by atoms with Gasteiger partial charge >= 0.3 is 0 Å². The summed E-state index contributed by atoms with van der Waals surface area (Å²) in [5.74, 6) is -1.32. The average Bonchev–Trinajstić information content (AvgIpc) is 3.33. The van der Waals surface area contributed by atoms with Crippen LogP contribution < -0.4 is 10.7 Å². The Morgan fingerprint density at radius 1 is 1.14 bits per heavy atom. The number of aromatic hydroxyl groups is 3. The minimum Gasteiger partial charge on any atom is -0.508 e. The topological polar surface area (TPSA) is 134 Å². The van der Waals surface area contributed by atoms with Crippen LogP contribution in [0.3, 0.4) is 0 Å². The summed E-state index contributed by atoms with van der Waals surface area (Å²) >= 11 is 1.38. The van der Waals surface area contributed by atoms with Crippen LogP contribution in [0.25, 0.3) is 22.3 Å². The highest BCUT2D eigenvalue weighted by Crippen LogP contribution is 2.39. The number of benzene rings is 1. The summed E-state index contributed by atoms with van der Waals surface area (Å²) in [6, 6.07) is 2.24. The Balaban J connectivity index is 1.63. The normalized spacial score (nSPS) is 11.1. The van der Waals surface area contributed by atoms with Gasteiger partial charge in [0.15, 0.2) is 5.76 Å². The van der Waals surface area contributed by atoms with Crippen molar-refractivity contribution in [2.24, 2.45) is 0 Å². The Morgan fingerprint density at radius 2 is 1.93 bits per heavy atom. The molecule has 4 N–H and O–H groups in total. The van der Waals surface area contributed by atoms with Crippen LogP contribution in [-0.4, -0.2) is 36.6 Å². The van der Waals surface area contributed by atoms with Gasteiger partial charge in [-0.3, -0.25) is 4.79 Å². The number of thiophene rings is 1. The van der Waals surface area contributed by atoms with E-state index in [1.54, 1.807) is 18.0 Å². The molecule has 0 atom stereocenters. The lowest BCUT2D eigenvalue weighted by Gasteiger charge is -2.10. The molecule has 4 rings (SSSR count). The van der Waals surface area contributed by atoms with Gasteiger partial charge in [-0.15, -0.1) is 21.5 Å². The molecule has 0 spiro atoms. The molecule has 0 radical (unpaired) electrons. The van der Waals surface area contributed by atoms with Crippen molar-refractivity contribution >= 4 is 28.0 Å². The van der Waals surface area contributed by atoms with E-state index in [4.69, 9.17) is 4.42 Å². The van der Waals surface area contributed by atoms with Gasteiger partial charge in [-0.2, -0.15) is 0 Å². The Hall–Kier alpha value is -3.53. The molecule has 9 nitrogen and oxygen atoms in total. The summed E-state index contributed by atoms with van der Waals surface area (Å²) in [5, 5.41) is 44.1. The van der Waals surface area contributed by atoms with E-state index in [1.165, 1.54) is 17.4 Å². The van der Waals surface area contributed by atoms with Gasteiger partial charge in [0.2, 0.25) is 11.2 Å². The van der Waals surface area contributed by atoms with Gasteiger partial charge in [-0.25, -0.2) is 0 Å². The van der Waals surface area contributed by atoms with Crippen LogP contribution in [0.15, 0.2) is 44.8 Å². The zero-order chi connectivity index (χ0) is 19.7. The summed E-state index contributed by atoms with van der Waals surface area (Å²) in [5.41, 5.74) is 0.447. The molecule has 3 aromatic heterocycles. The van der Waals surface area contributed by atoms with Crippen LogP contribution in [0.4, 0.5) is 5.69 Å². The second kappa shape index (κ2) is 7.24. The molecule has 28 heavy (non-hydrogen) atoms. The lowest BCUT2D eigenvalue weighted by molar-refractivity contribution is 0.438. The second-order valence-electron chi connectivity index (χ2n) is 6.13. The van der Waals surface area contributed by atoms with Crippen LogP contribution in [0.2, 0.25) is 0 Å². The average molecular weight is 400 g/mol. The largest absolute Gasteiger partial charge is 0.508 e. The summed E-state index contributed by atoms with van der Waals surface area (Å²) in [6.45, 7) is 1.39. The molecule has 0 amide bonds. The first kappa shape index (κ1) is 17.9. The number of phenolic OH excluding ortho intramolecular Hbond substituents is 2. The first-order valence-electron chi connectivity index (χ1n) is 8.39. The number of anilines is 1. The number of phenols is 2. The van der Waals surface area contributed by atoms with Crippen molar-refractivity contribution in [2.45, 2.75) is 13.0 Å². The highest BCUT2D eigenvalue weighted by atomic mass is 32.1. The molecule has 10 heteroatoms. The number of hydrogen-bond acceptors (Lipinski definition) is 9. The number of fused-ring (bicyclic) bond motifs is 1. The molecule has 0 bridgehead atoms. The van der Waals surface area contributed by atoms with Gasteiger partial charge in [0.25, 0.3) is 0 Å². The molecule has 0 aliphatic carbocycles. The Bertz CT molecular complexity index is 1180. The van der Waals surface area contributed by atoms with Gasteiger partial charge < -0.3 is 29.6 Å². The lowest BCUT2D eigenvalue weighted by atomic mass is 10.1. The molecule has 0 unspecified atom stereocenters. The standard InChI is InChI=1S/C18H16N4O5S/c23-10-4-13(24)15-14(5-10)27-18(17(26)16(15)25)11-6-28-7-12(11)19-2-1-3-22-8-20-21-9-22/h4-9,19,23-24,26H,1-3H2. The van der Waals surface area contributed by atoms with Gasteiger partial charge in [0.05, 0.1) is 11.3 Å². The maximum Gasteiger partial charge on any atom is 0.238 e. The van der Waals surface area contributed by atoms with Crippen molar-refractivity contribution in [1.82, 2.24) is 14.8 Å². The molecule has 1 aromatic carbocycles. The third-order valence-electron chi connectivity index (χ3n) is 4.22. The molecular formula is C18H16N4O5S. The molecule has 144 valence electrons. The number of nitrogens with one attached hydrogen (secondary N) is 1. The van der Waals surface area contributed by atoms with Crippen LogP contribution in [0.1, 0.15) is 6.42 Å². The van der Waals surface area contributed by atoms with Crippen molar-refractivity contribution in [3.8, 4) is 28.6 Å². The maximum atomic E-state index is 12.5. The van der Waals surface area contributed by atoms with Crippen LogP contribution in [0.5, 0.6) is 17.2 Å². The van der Waals surface area contributed by atoms with Crippen molar-refractivity contribution in [3.05, 3.63) is 45.8 Å². The second-order valence-corrected chi connectivity index (χ2v) is 6.87. The van der Waals surface area contributed by atoms with E-state index in [1.807, 2.05) is 9.95 Å². The summed E-state index contributed by atoms with van der Waals surface area (Å²) < 4.78 is 7.53. The first-order valence-corrected chi connectivity index (χ1v) is 9.33. The minimum atomic E-state index is -0.765. The SMILES string of the molecule is O=c1c(O)c(-c2cscc2NCCCn2cnnc2)oc2cc(O)cc(O)c12. The zero-order valence-corrected chi connectivity index (χ0v) is 15.3. The molecule has 0 fully saturated rings. The monoisotopic (exact) mass is 400 g/mol. The van der Waals surface area contributed by atoms with E-state index in [-0.39, 0.29) is 22.5 Å². The fraction of sp³-hybridized carbons (Fsp3) is 0.167. The van der Waals surface area contributed by atoms with Gasteiger partial charge in [-0.1, -0.05) is 0 Å². The first-order chi connectivity index (χ1) is 13.5. The zero-order valence-electron chi connectivity index (χ0n) is 14.5. The summed E-state index contributed by atoms with van der Waals surface area (Å²) in [6.07, 6.45) is 4.09. The quantitative estimate of drug-likeness (QED) is 0.363. The van der Waals surface area contributed by atoms with Crippen molar-refractivity contribution in [3.63, 3.8) is 0 Å². The van der Waals surface area contributed by atoms with Gasteiger partial charge in [-0.05, 0) is 6.42 Å². The number of rotatable bonds is 6. The highest BCUT2D eigenvalue weighted by Gasteiger charge is 2.21. The van der Waals surface area contributed by atoms with E-state index < -0.39 is 16.9 Å². The summed E-state index contributed by atoms with van der Waals surface area (Å²) in [4.78, 5) is 12.5. The van der Waals surface area contributed by atoms with Crippen LogP contribution in [0, 0.1) is 0 Å². The molecule has 0 saturated heterocycles. The predicted molar refractivity (Wildman–Crippen MR) is 104 cm³/mol. The van der Waals surface area contributed by atoms with Crippen molar-refractivity contribution < 1.29 is 19.7 Å². The third kappa shape index (κ3) is 3.25. The van der Waals surface area contributed by atoms with E-state index in [2.05, 4.69) is 15.5 Å². The fourth-order valence-electron chi connectivity index (χ4n) is 2.89. The van der Waals surface area contributed by atoms with E-state index in [0.717, 1.165) is 19.0 Å². The highest BCUT2D eigenvalue weighted by molar-refractivity contribution is 7.08. The molecule has 0 saturated carbocycles. The van der Waals surface area contributed by atoms with E-state index in [0.29, 0.717) is 17.8 Å². The number of aromatic nitrogens is 3. The number of hydrogen-bond donors (Lipinski definition) is 4. The molecule has 3 heterocycles. The van der Waals surface area contributed by atoms with Gasteiger partial charge in [0.1, 0.15) is 35.1 Å². The molecule has 0 aliphatic heterocycles. The Kier molecular flexibility index (Phi) is 4.62. The van der Waals surface area contributed by atoms with E-state index >= 15 is 0 Å². The molecule has 4 aromatic rings. The van der Waals surface area contributed by atoms with Crippen molar-refractivity contribution in [1.29, 1.82) is 0 Å². The van der Waals surface area contributed by atoms with Crippen LogP contribution in [-0.2, 0) is 6.54 Å².